The molecular formula is C13H21N3O. The van der Waals surface area contributed by atoms with Gasteiger partial charge in [0.25, 0.3) is 0 Å². The molecule has 94 valence electrons. The van der Waals surface area contributed by atoms with Gasteiger partial charge in [0.05, 0.1) is 5.69 Å². The first-order valence-corrected chi connectivity index (χ1v) is 6.22. The summed E-state index contributed by atoms with van der Waals surface area (Å²) in [5, 5.41) is 3.49. The Morgan fingerprint density at radius 1 is 1.47 bits per heavy atom. The molecule has 0 atom stereocenters. The van der Waals surface area contributed by atoms with E-state index in [4.69, 9.17) is 4.74 Å². The fourth-order valence-corrected chi connectivity index (χ4v) is 2.07. The molecule has 17 heavy (non-hydrogen) atoms. The lowest BCUT2D eigenvalue weighted by Gasteiger charge is -2.15. The van der Waals surface area contributed by atoms with Crippen molar-refractivity contribution in [1.29, 1.82) is 0 Å². The molecule has 1 saturated carbocycles. The Kier molecular flexibility index (Phi) is 4.07. The van der Waals surface area contributed by atoms with Crippen molar-refractivity contribution in [3.63, 3.8) is 0 Å². The number of nitrogens with zero attached hydrogens (tertiary/aromatic N) is 2. The first kappa shape index (κ1) is 12.5. The number of aromatic nitrogens is 2. The summed E-state index contributed by atoms with van der Waals surface area (Å²) in [7, 11) is 1.77. The Balaban J connectivity index is 1.72. The molecule has 1 fully saturated rings. The van der Waals surface area contributed by atoms with Crippen LogP contribution in [0.2, 0.25) is 0 Å². The minimum Gasteiger partial charge on any atom is -0.385 e. The fourth-order valence-electron chi connectivity index (χ4n) is 2.07. The van der Waals surface area contributed by atoms with E-state index in [1.165, 1.54) is 19.3 Å². The average molecular weight is 235 g/mol. The molecule has 0 bridgehead atoms. The van der Waals surface area contributed by atoms with E-state index in [-0.39, 0.29) is 0 Å². The van der Waals surface area contributed by atoms with Crippen LogP contribution in [-0.4, -0.2) is 30.2 Å². The summed E-state index contributed by atoms with van der Waals surface area (Å²) in [4.78, 5) is 8.47. The van der Waals surface area contributed by atoms with Gasteiger partial charge in [-0.3, -0.25) is 0 Å². The third kappa shape index (κ3) is 3.75. The maximum absolute atomic E-state index is 5.15. The maximum Gasteiger partial charge on any atom is 0.125 e. The Morgan fingerprint density at radius 3 is 2.94 bits per heavy atom. The van der Waals surface area contributed by atoms with Gasteiger partial charge in [-0.1, -0.05) is 0 Å². The summed E-state index contributed by atoms with van der Waals surface area (Å²) in [6.07, 6.45) is 5.63. The Labute approximate surface area is 103 Å². The highest BCUT2D eigenvalue weighted by Gasteiger charge is 2.41. The van der Waals surface area contributed by atoms with Crippen LogP contribution in [0.1, 0.15) is 30.8 Å². The normalized spacial score (nSPS) is 17.1. The quantitative estimate of drug-likeness (QED) is 0.781. The molecule has 4 nitrogen and oxygen atoms in total. The standard InChI is InChI=1S/C13H21N3O/c1-11-15-7-3-12(16-11)9-14-10-13(4-5-13)6-8-17-2/h3,7,14H,4-6,8-10H2,1-2H3. The first-order valence-electron chi connectivity index (χ1n) is 6.22. The molecule has 1 aromatic rings. The van der Waals surface area contributed by atoms with E-state index in [0.717, 1.165) is 31.2 Å². The highest BCUT2D eigenvalue weighted by atomic mass is 16.5. The molecule has 0 aromatic carbocycles. The van der Waals surface area contributed by atoms with Gasteiger partial charge in [0.1, 0.15) is 5.82 Å². The molecule has 1 aliphatic rings. The molecule has 2 rings (SSSR count). The molecule has 0 amide bonds. The molecular weight excluding hydrogens is 214 g/mol. The molecule has 4 heteroatoms. The monoisotopic (exact) mass is 235 g/mol. The molecule has 0 spiro atoms. The van der Waals surface area contributed by atoms with Gasteiger partial charge in [-0.05, 0) is 37.7 Å². The summed E-state index contributed by atoms with van der Waals surface area (Å²) in [6, 6.07) is 1.97. The van der Waals surface area contributed by atoms with Gasteiger partial charge < -0.3 is 10.1 Å². The van der Waals surface area contributed by atoms with Crippen molar-refractivity contribution < 1.29 is 4.74 Å². The maximum atomic E-state index is 5.15. The van der Waals surface area contributed by atoms with Crippen LogP contribution in [0.3, 0.4) is 0 Å². The zero-order valence-electron chi connectivity index (χ0n) is 10.7. The number of nitrogens with one attached hydrogen (secondary N) is 1. The van der Waals surface area contributed by atoms with Gasteiger partial charge in [0, 0.05) is 33.0 Å². The molecule has 0 aliphatic heterocycles. The number of hydrogen-bond acceptors (Lipinski definition) is 4. The zero-order valence-corrected chi connectivity index (χ0v) is 10.7. The third-order valence-corrected chi connectivity index (χ3v) is 3.43. The molecule has 0 saturated heterocycles. The van der Waals surface area contributed by atoms with E-state index in [2.05, 4.69) is 15.3 Å². The van der Waals surface area contributed by atoms with E-state index in [9.17, 15) is 0 Å². The number of aryl methyl sites for hydroxylation is 1. The highest BCUT2D eigenvalue weighted by molar-refractivity contribution is 5.02. The second-order valence-corrected chi connectivity index (χ2v) is 4.94. The van der Waals surface area contributed by atoms with Gasteiger partial charge in [-0.15, -0.1) is 0 Å². The molecule has 1 heterocycles. The molecule has 0 radical (unpaired) electrons. The van der Waals surface area contributed by atoms with Crippen LogP contribution in [-0.2, 0) is 11.3 Å². The molecule has 0 unspecified atom stereocenters. The van der Waals surface area contributed by atoms with E-state index in [0.29, 0.717) is 5.41 Å². The SMILES string of the molecule is COCCC1(CNCc2ccnc(C)n2)CC1. The van der Waals surface area contributed by atoms with Gasteiger partial charge >= 0.3 is 0 Å². The van der Waals surface area contributed by atoms with Crippen LogP contribution in [0.5, 0.6) is 0 Å². The van der Waals surface area contributed by atoms with Crippen molar-refractivity contribution >= 4 is 0 Å². The summed E-state index contributed by atoms with van der Waals surface area (Å²) >= 11 is 0. The second kappa shape index (κ2) is 5.56. The van der Waals surface area contributed by atoms with Crippen LogP contribution in [0, 0.1) is 12.3 Å². The average Bonchev–Trinajstić information content (AvgIpc) is 3.07. The predicted octanol–water partition coefficient (Wildman–Crippen LogP) is 1.69. The molecule has 1 aromatic heterocycles. The summed E-state index contributed by atoms with van der Waals surface area (Å²) < 4.78 is 5.15. The van der Waals surface area contributed by atoms with Gasteiger partial charge in [-0.25, -0.2) is 9.97 Å². The van der Waals surface area contributed by atoms with Crippen LogP contribution < -0.4 is 5.32 Å². The van der Waals surface area contributed by atoms with Crippen LogP contribution in [0.4, 0.5) is 0 Å². The van der Waals surface area contributed by atoms with E-state index >= 15 is 0 Å². The third-order valence-electron chi connectivity index (χ3n) is 3.43. The van der Waals surface area contributed by atoms with Crippen LogP contribution >= 0.6 is 0 Å². The Morgan fingerprint density at radius 2 is 2.29 bits per heavy atom. The smallest absolute Gasteiger partial charge is 0.125 e. The van der Waals surface area contributed by atoms with E-state index in [1.807, 2.05) is 19.2 Å². The van der Waals surface area contributed by atoms with Crippen LogP contribution in [0.25, 0.3) is 0 Å². The second-order valence-electron chi connectivity index (χ2n) is 4.94. The zero-order chi connectivity index (χ0) is 12.1. The lowest BCUT2D eigenvalue weighted by atomic mass is 10.0. The van der Waals surface area contributed by atoms with Crippen molar-refractivity contribution in [2.24, 2.45) is 5.41 Å². The van der Waals surface area contributed by atoms with Crippen molar-refractivity contribution in [3.8, 4) is 0 Å². The lowest BCUT2D eigenvalue weighted by molar-refractivity contribution is 0.171. The van der Waals surface area contributed by atoms with Crippen molar-refractivity contribution in [2.45, 2.75) is 32.7 Å². The molecule has 1 aliphatic carbocycles. The predicted molar refractivity (Wildman–Crippen MR) is 66.6 cm³/mol. The van der Waals surface area contributed by atoms with Gasteiger partial charge in [0.2, 0.25) is 0 Å². The van der Waals surface area contributed by atoms with Crippen molar-refractivity contribution in [2.75, 3.05) is 20.3 Å². The van der Waals surface area contributed by atoms with Gasteiger partial charge in [0.15, 0.2) is 0 Å². The topological polar surface area (TPSA) is 47.0 Å². The van der Waals surface area contributed by atoms with Crippen molar-refractivity contribution in [3.05, 3.63) is 23.8 Å². The minimum atomic E-state index is 0.498. The summed E-state index contributed by atoms with van der Waals surface area (Å²) in [5.41, 5.74) is 1.57. The number of hydrogen-bond donors (Lipinski definition) is 1. The number of ether oxygens (including phenoxy) is 1. The number of rotatable bonds is 7. The minimum absolute atomic E-state index is 0.498. The highest BCUT2D eigenvalue weighted by Crippen LogP contribution is 2.48. The van der Waals surface area contributed by atoms with Gasteiger partial charge in [-0.2, -0.15) is 0 Å². The summed E-state index contributed by atoms with van der Waals surface area (Å²) in [5.74, 6) is 0.838. The van der Waals surface area contributed by atoms with E-state index in [1.54, 1.807) is 7.11 Å². The Hall–Kier alpha value is -1.00. The first-order chi connectivity index (χ1) is 8.24. The van der Waals surface area contributed by atoms with E-state index < -0.39 is 0 Å². The largest absolute Gasteiger partial charge is 0.385 e. The van der Waals surface area contributed by atoms with Crippen LogP contribution in [0.15, 0.2) is 12.3 Å². The molecule has 1 N–H and O–H groups in total. The fraction of sp³-hybridized carbons (Fsp3) is 0.692. The number of methoxy groups -OCH3 is 1. The van der Waals surface area contributed by atoms with Crippen molar-refractivity contribution in [1.82, 2.24) is 15.3 Å². The lowest BCUT2D eigenvalue weighted by Crippen LogP contribution is -2.25. The summed E-state index contributed by atoms with van der Waals surface area (Å²) in [6.45, 7) is 4.69. The Bertz CT molecular complexity index is 363.